The molecule has 0 aliphatic heterocycles. The zero-order valence-corrected chi connectivity index (χ0v) is 9.78. The SMILES string of the molecule is CCc1ccsc1CNC(=O)C(C)C. The van der Waals surface area contributed by atoms with Crippen LogP contribution in [0, 0.1) is 5.92 Å². The Kier molecular flexibility index (Phi) is 4.14. The van der Waals surface area contributed by atoms with Gasteiger partial charge >= 0.3 is 0 Å². The van der Waals surface area contributed by atoms with E-state index in [0.29, 0.717) is 6.54 Å². The highest BCUT2D eigenvalue weighted by Crippen LogP contribution is 2.16. The highest BCUT2D eigenvalue weighted by atomic mass is 32.1. The molecule has 0 radical (unpaired) electrons. The Morgan fingerprint density at radius 2 is 2.29 bits per heavy atom. The number of carbonyl (C=O) groups is 1. The summed E-state index contributed by atoms with van der Waals surface area (Å²) in [6.07, 6.45) is 1.04. The Morgan fingerprint density at radius 3 is 2.86 bits per heavy atom. The van der Waals surface area contributed by atoms with Crippen molar-refractivity contribution >= 4 is 17.2 Å². The van der Waals surface area contributed by atoms with Gasteiger partial charge in [0.25, 0.3) is 0 Å². The molecular formula is C11H17NOS. The van der Waals surface area contributed by atoms with Gasteiger partial charge in [0.15, 0.2) is 0 Å². The van der Waals surface area contributed by atoms with Crippen LogP contribution in [0.1, 0.15) is 31.2 Å². The zero-order valence-electron chi connectivity index (χ0n) is 8.96. The first-order valence-corrected chi connectivity index (χ1v) is 5.86. The Hall–Kier alpha value is -0.830. The fourth-order valence-electron chi connectivity index (χ4n) is 1.21. The molecule has 0 unspecified atom stereocenters. The summed E-state index contributed by atoms with van der Waals surface area (Å²) in [5, 5.41) is 5.01. The molecule has 0 spiro atoms. The quantitative estimate of drug-likeness (QED) is 0.815. The molecule has 0 saturated carbocycles. The van der Waals surface area contributed by atoms with E-state index in [1.165, 1.54) is 10.4 Å². The number of carbonyl (C=O) groups excluding carboxylic acids is 1. The number of aryl methyl sites for hydroxylation is 1. The van der Waals surface area contributed by atoms with E-state index >= 15 is 0 Å². The second-order valence-electron chi connectivity index (χ2n) is 3.60. The van der Waals surface area contributed by atoms with Crippen LogP contribution in [0.15, 0.2) is 11.4 Å². The molecule has 0 aliphatic carbocycles. The predicted octanol–water partition coefficient (Wildman–Crippen LogP) is 2.58. The highest BCUT2D eigenvalue weighted by Gasteiger charge is 2.07. The highest BCUT2D eigenvalue weighted by molar-refractivity contribution is 7.10. The molecule has 0 aromatic carbocycles. The lowest BCUT2D eigenvalue weighted by atomic mass is 10.2. The van der Waals surface area contributed by atoms with Crippen LogP contribution < -0.4 is 5.32 Å². The van der Waals surface area contributed by atoms with Gasteiger partial charge in [-0.1, -0.05) is 20.8 Å². The van der Waals surface area contributed by atoms with Crippen molar-refractivity contribution < 1.29 is 4.79 Å². The van der Waals surface area contributed by atoms with Gasteiger partial charge in [0.1, 0.15) is 0 Å². The van der Waals surface area contributed by atoms with Crippen molar-refractivity contribution in [1.29, 1.82) is 0 Å². The molecule has 1 aromatic rings. The largest absolute Gasteiger partial charge is 0.351 e. The summed E-state index contributed by atoms with van der Waals surface area (Å²) in [5.74, 6) is 0.195. The lowest BCUT2D eigenvalue weighted by Gasteiger charge is -2.07. The molecule has 0 atom stereocenters. The van der Waals surface area contributed by atoms with Gasteiger partial charge in [0, 0.05) is 10.8 Å². The molecule has 78 valence electrons. The average Bonchev–Trinajstić information content (AvgIpc) is 2.60. The van der Waals surface area contributed by atoms with E-state index < -0.39 is 0 Å². The van der Waals surface area contributed by atoms with Crippen LogP contribution in [0.2, 0.25) is 0 Å². The number of thiophene rings is 1. The maximum Gasteiger partial charge on any atom is 0.222 e. The summed E-state index contributed by atoms with van der Waals surface area (Å²) < 4.78 is 0. The van der Waals surface area contributed by atoms with Gasteiger partial charge in [-0.05, 0) is 23.4 Å². The molecule has 0 bridgehead atoms. The summed E-state index contributed by atoms with van der Waals surface area (Å²) >= 11 is 1.71. The van der Waals surface area contributed by atoms with Crippen molar-refractivity contribution in [3.8, 4) is 0 Å². The third kappa shape index (κ3) is 2.84. The summed E-state index contributed by atoms with van der Waals surface area (Å²) in [6, 6.07) is 2.13. The fourth-order valence-corrected chi connectivity index (χ4v) is 2.12. The summed E-state index contributed by atoms with van der Waals surface area (Å²) in [5.41, 5.74) is 1.35. The molecule has 1 N–H and O–H groups in total. The number of amides is 1. The van der Waals surface area contributed by atoms with Crippen molar-refractivity contribution in [2.24, 2.45) is 5.92 Å². The van der Waals surface area contributed by atoms with Gasteiger partial charge in [-0.25, -0.2) is 0 Å². The molecule has 3 heteroatoms. The van der Waals surface area contributed by atoms with Crippen LogP contribution in [0.25, 0.3) is 0 Å². The van der Waals surface area contributed by atoms with E-state index in [4.69, 9.17) is 0 Å². The van der Waals surface area contributed by atoms with Gasteiger partial charge in [0.2, 0.25) is 5.91 Å². The van der Waals surface area contributed by atoms with E-state index in [0.717, 1.165) is 6.42 Å². The molecule has 1 heterocycles. The molecule has 1 rings (SSSR count). The third-order valence-electron chi connectivity index (χ3n) is 2.17. The Bertz CT molecular complexity index is 304. The van der Waals surface area contributed by atoms with E-state index in [1.807, 2.05) is 13.8 Å². The summed E-state index contributed by atoms with van der Waals surface area (Å²) in [4.78, 5) is 12.6. The van der Waals surface area contributed by atoms with Gasteiger partial charge in [-0.2, -0.15) is 0 Å². The molecule has 2 nitrogen and oxygen atoms in total. The zero-order chi connectivity index (χ0) is 10.6. The minimum absolute atomic E-state index is 0.0695. The van der Waals surface area contributed by atoms with Crippen molar-refractivity contribution in [2.45, 2.75) is 33.7 Å². The van der Waals surface area contributed by atoms with Gasteiger partial charge in [-0.3, -0.25) is 4.79 Å². The first-order chi connectivity index (χ1) is 6.65. The van der Waals surface area contributed by atoms with Crippen LogP contribution >= 0.6 is 11.3 Å². The van der Waals surface area contributed by atoms with Crippen LogP contribution in [0.5, 0.6) is 0 Å². The average molecular weight is 211 g/mol. The number of hydrogen-bond donors (Lipinski definition) is 1. The maximum absolute atomic E-state index is 11.3. The topological polar surface area (TPSA) is 29.1 Å². The number of rotatable bonds is 4. The van der Waals surface area contributed by atoms with Gasteiger partial charge in [0.05, 0.1) is 6.54 Å². The maximum atomic E-state index is 11.3. The van der Waals surface area contributed by atoms with Crippen molar-refractivity contribution in [1.82, 2.24) is 5.32 Å². The van der Waals surface area contributed by atoms with Gasteiger partial charge in [-0.15, -0.1) is 11.3 Å². The minimum atomic E-state index is 0.0695. The Morgan fingerprint density at radius 1 is 1.57 bits per heavy atom. The predicted molar refractivity (Wildman–Crippen MR) is 60.4 cm³/mol. The minimum Gasteiger partial charge on any atom is -0.351 e. The normalized spacial score (nSPS) is 10.6. The first kappa shape index (κ1) is 11.2. The van der Waals surface area contributed by atoms with E-state index in [9.17, 15) is 4.79 Å². The van der Waals surface area contributed by atoms with E-state index in [2.05, 4.69) is 23.7 Å². The summed E-state index contributed by atoms with van der Waals surface area (Å²) in [7, 11) is 0. The molecule has 1 amide bonds. The first-order valence-electron chi connectivity index (χ1n) is 4.98. The monoisotopic (exact) mass is 211 g/mol. The van der Waals surface area contributed by atoms with Gasteiger partial charge < -0.3 is 5.32 Å². The number of nitrogens with one attached hydrogen (secondary N) is 1. The molecular weight excluding hydrogens is 194 g/mol. The number of hydrogen-bond acceptors (Lipinski definition) is 2. The molecule has 14 heavy (non-hydrogen) atoms. The van der Waals surface area contributed by atoms with Crippen LogP contribution in [0.4, 0.5) is 0 Å². The van der Waals surface area contributed by atoms with E-state index in [1.54, 1.807) is 11.3 Å². The standard InChI is InChI=1S/C11H17NOS/c1-4-9-5-6-14-10(9)7-12-11(13)8(2)3/h5-6,8H,4,7H2,1-3H3,(H,12,13). The Labute approximate surface area is 89.3 Å². The lowest BCUT2D eigenvalue weighted by Crippen LogP contribution is -2.27. The van der Waals surface area contributed by atoms with Crippen LogP contribution in [0.3, 0.4) is 0 Å². The van der Waals surface area contributed by atoms with Crippen LogP contribution in [-0.2, 0) is 17.8 Å². The summed E-state index contributed by atoms with van der Waals surface area (Å²) in [6.45, 7) is 6.63. The fraction of sp³-hybridized carbons (Fsp3) is 0.545. The smallest absolute Gasteiger partial charge is 0.222 e. The second-order valence-corrected chi connectivity index (χ2v) is 4.60. The van der Waals surface area contributed by atoms with E-state index in [-0.39, 0.29) is 11.8 Å². The second kappa shape index (κ2) is 5.15. The van der Waals surface area contributed by atoms with Crippen molar-refractivity contribution in [3.05, 3.63) is 21.9 Å². The molecule has 0 fully saturated rings. The molecule has 0 saturated heterocycles. The lowest BCUT2D eigenvalue weighted by molar-refractivity contribution is -0.124. The third-order valence-corrected chi connectivity index (χ3v) is 3.13. The molecule has 1 aromatic heterocycles. The van der Waals surface area contributed by atoms with Crippen molar-refractivity contribution in [2.75, 3.05) is 0 Å². The van der Waals surface area contributed by atoms with Crippen molar-refractivity contribution in [3.63, 3.8) is 0 Å². The molecule has 0 aliphatic rings. The Balaban J connectivity index is 2.49. The van der Waals surface area contributed by atoms with Crippen LogP contribution in [-0.4, -0.2) is 5.91 Å².